The van der Waals surface area contributed by atoms with Gasteiger partial charge in [-0.3, -0.25) is 0 Å². The molecule has 2 aromatic rings. The molecule has 0 aromatic heterocycles. The van der Waals surface area contributed by atoms with Gasteiger partial charge in [0.2, 0.25) is 0 Å². The number of ether oxygens (including phenoxy) is 3. The Morgan fingerprint density at radius 2 is 1.79 bits per heavy atom. The monoisotopic (exact) mass is 499 g/mol. The maximum atomic E-state index is 5.77. The van der Waals surface area contributed by atoms with Gasteiger partial charge in [-0.15, -0.1) is 24.0 Å². The molecule has 0 fully saturated rings. The first-order valence-corrected chi connectivity index (χ1v) is 9.06. The van der Waals surface area contributed by atoms with Crippen molar-refractivity contribution in [3.8, 4) is 17.2 Å². The summed E-state index contributed by atoms with van der Waals surface area (Å²) in [6, 6.07) is 15.6. The molecule has 0 unspecified atom stereocenters. The van der Waals surface area contributed by atoms with E-state index < -0.39 is 0 Å². The number of guanidine groups is 1. The fourth-order valence-corrected chi connectivity index (χ4v) is 2.63. The molecule has 0 spiro atoms. The highest BCUT2D eigenvalue weighted by atomic mass is 127. The van der Waals surface area contributed by atoms with Crippen LogP contribution in [0.3, 0.4) is 0 Å². The van der Waals surface area contributed by atoms with E-state index in [1.54, 1.807) is 14.2 Å². The molecule has 0 aliphatic carbocycles. The van der Waals surface area contributed by atoms with E-state index in [0.29, 0.717) is 18.9 Å². The predicted molar refractivity (Wildman–Crippen MR) is 124 cm³/mol. The van der Waals surface area contributed by atoms with Crippen molar-refractivity contribution in [3.63, 3.8) is 0 Å². The Bertz CT molecular complexity index is 726. The van der Waals surface area contributed by atoms with Crippen LogP contribution in [0.2, 0.25) is 0 Å². The van der Waals surface area contributed by atoms with Gasteiger partial charge in [-0.25, -0.2) is 4.99 Å². The first-order chi connectivity index (χ1) is 13.2. The van der Waals surface area contributed by atoms with Gasteiger partial charge < -0.3 is 24.4 Å². The molecule has 0 aliphatic heterocycles. The molecular formula is C21H30IN3O3. The van der Waals surface area contributed by atoms with Gasteiger partial charge in [-0.05, 0) is 25.1 Å². The molecule has 0 heterocycles. The molecule has 0 saturated heterocycles. The van der Waals surface area contributed by atoms with Gasteiger partial charge in [-0.1, -0.05) is 30.3 Å². The molecule has 0 aliphatic rings. The number of nitrogens with zero attached hydrogens (tertiary/aromatic N) is 2. The summed E-state index contributed by atoms with van der Waals surface area (Å²) in [5.41, 5.74) is 0.973. The Morgan fingerprint density at radius 3 is 2.43 bits per heavy atom. The largest absolute Gasteiger partial charge is 0.493 e. The van der Waals surface area contributed by atoms with Crippen molar-refractivity contribution in [3.05, 3.63) is 54.1 Å². The summed E-state index contributed by atoms with van der Waals surface area (Å²) in [6.07, 6.45) is 0. The summed E-state index contributed by atoms with van der Waals surface area (Å²) >= 11 is 0. The van der Waals surface area contributed by atoms with Crippen LogP contribution in [0.25, 0.3) is 0 Å². The smallest absolute Gasteiger partial charge is 0.194 e. The number of rotatable bonds is 9. The summed E-state index contributed by atoms with van der Waals surface area (Å²) in [6.45, 7) is 4.63. The van der Waals surface area contributed by atoms with E-state index in [1.807, 2.05) is 55.6 Å². The molecular weight excluding hydrogens is 469 g/mol. The molecule has 6 nitrogen and oxygen atoms in total. The first-order valence-electron chi connectivity index (χ1n) is 9.06. The highest BCUT2D eigenvalue weighted by Gasteiger charge is 2.11. The number of hydrogen-bond acceptors (Lipinski definition) is 4. The van der Waals surface area contributed by atoms with Crippen LogP contribution in [0.4, 0.5) is 0 Å². The average Bonchev–Trinajstić information content (AvgIpc) is 2.71. The van der Waals surface area contributed by atoms with E-state index in [-0.39, 0.29) is 24.0 Å². The normalized spacial score (nSPS) is 10.6. The number of aliphatic imine (C=N–C) groups is 1. The molecule has 154 valence electrons. The van der Waals surface area contributed by atoms with Crippen LogP contribution in [0.1, 0.15) is 12.5 Å². The Hall–Kier alpha value is -2.16. The van der Waals surface area contributed by atoms with E-state index >= 15 is 0 Å². The fraction of sp³-hybridized carbons (Fsp3) is 0.381. The van der Waals surface area contributed by atoms with Crippen LogP contribution in [-0.4, -0.2) is 51.8 Å². The van der Waals surface area contributed by atoms with E-state index in [2.05, 4.69) is 17.1 Å². The van der Waals surface area contributed by atoms with Crippen molar-refractivity contribution < 1.29 is 14.2 Å². The summed E-state index contributed by atoms with van der Waals surface area (Å²) in [7, 11) is 5.28. The zero-order valence-corrected chi connectivity index (χ0v) is 19.3. The van der Waals surface area contributed by atoms with Crippen LogP contribution < -0.4 is 19.5 Å². The molecule has 2 aromatic carbocycles. The molecule has 7 heteroatoms. The Morgan fingerprint density at radius 1 is 1.04 bits per heavy atom. The van der Waals surface area contributed by atoms with Gasteiger partial charge in [-0.2, -0.15) is 0 Å². The Balaban J connectivity index is 0.00000392. The molecule has 0 atom stereocenters. The lowest BCUT2D eigenvalue weighted by Crippen LogP contribution is -2.40. The summed E-state index contributed by atoms with van der Waals surface area (Å²) in [5.74, 6) is 3.11. The van der Waals surface area contributed by atoms with Crippen molar-refractivity contribution in [2.45, 2.75) is 13.5 Å². The van der Waals surface area contributed by atoms with Crippen LogP contribution in [-0.2, 0) is 6.54 Å². The van der Waals surface area contributed by atoms with Gasteiger partial charge in [0.15, 0.2) is 17.5 Å². The third kappa shape index (κ3) is 7.10. The minimum Gasteiger partial charge on any atom is -0.493 e. The fourth-order valence-electron chi connectivity index (χ4n) is 2.63. The zero-order valence-electron chi connectivity index (χ0n) is 17.0. The number of nitrogens with one attached hydrogen (secondary N) is 1. The van der Waals surface area contributed by atoms with Crippen LogP contribution in [0, 0.1) is 0 Å². The SMILES string of the molecule is CCNC(=NCc1cccc(OC)c1OC)N(C)CCOc1ccccc1.I. The maximum absolute atomic E-state index is 5.77. The van der Waals surface area contributed by atoms with Crippen LogP contribution in [0.5, 0.6) is 17.2 Å². The van der Waals surface area contributed by atoms with Crippen molar-refractivity contribution in [2.75, 3.05) is 41.0 Å². The topological polar surface area (TPSA) is 55.3 Å². The number of para-hydroxylation sites is 2. The van der Waals surface area contributed by atoms with Gasteiger partial charge in [0, 0.05) is 19.2 Å². The number of hydrogen-bond donors (Lipinski definition) is 1. The molecule has 0 radical (unpaired) electrons. The van der Waals surface area contributed by atoms with E-state index in [4.69, 9.17) is 19.2 Å². The van der Waals surface area contributed by atoms with Gasteiger partial charge >= 0.3 is 0 Å². The van der Waals surface area contributed by atoms with Gasteiger partial charge in [0.05, 0.1) is 27.3 Å². The Kier molecular flexibility index (Phi) is 11.2. The number of benzene rings is 2. The predicted octanol–water partition coefficient (Wildman–Crippen LogP) is 3.80. The zero-order chi connectivity index (χ0) is 19.5. The highest BCUT2D eigenvalue weighted by molar-refractivity contribution is 14.0. The standard InChI is InChI=1S/C21H29N3O3.HI/c1-5-22-21(24(2)14-15-27-18-11-7-6-8-12-18)23-16-17-10-9-13-19(25-3)20(17)26-4;/h6-13H,5,14-16H2,1-4H3,(H,22,23);1H. The summed E-state index contributed by atoms with van der Waals surface area (Å²) in [4.78, 5) is 6.79. The number of halogens is 1. The van der Waals surface area contributed by atoms with Crippen molar-refractivity contribution in [1.82, 2.24) is 10.2 Å². The van der Waals surface area contributed by atoms with E-state index in [0.717, 1.165) is 36.1 Å². The molecule has 0 amide bonds. The highest BCUT2D eigenvalue weighted by Crippen LogP contribution is 2.31. The van der Waals surface area contributed by atoms with Crippen LogP contribution in [0.15, 0.2) is 53.5 Å². The molecule has 0 saturated carbocycles. The van der Waals surface area contributed by atoms with E-state index in [9.17, 15) is 0 Å². The molecule has 1 N–H and O–H groups in total. The lowest BCUT2D eigenvalue weighted by atomic mass is 10.2. The second kappa shape index (κ2) is 13.1. The van der Waals surface area contributed by atoms with Crippen molar-refractivity contribution in [2.24, 2.45) is 4.99 Å². The quantitative estimate of drug-likeness (QED) is 0.323. The third-order valence-electron chi connectivity index (χ3n) is 4.02. The lowest BCUT2D eigenvalue weighted by molar-refractivity contribution is 0.281. The second-order valence-corrected chi connectivity index (χ2v) is 5.91. The Labute approximate surface area is 184 Å². The van der Waals surface area contributed by atoms with E-state index in [1.165, 1.54) is 0 Å². The van der Waals surface area contributed by atoms with Crippen molar-refractivity contribution >= 4 is 29.9 Å². The number of methoxy groups -OCH3 is 2. The summed E-state index contributed by atoms with van der Waals surface area (Å²) < 4.78 is 16.6. The maximum Gasteiger partial charge on any atom is 0.194 e. The third-order valence-corrected chi connectivity index (χ3v) is 4.02. The second-order valence-electron chi connectivity index (χ2n) is 5.91. The van der Waals surface area contributed by atoms with Gasteiger partial charge in [0.25, 0.3) is 0 Å². The first kappa shape index (κ1) is 23.9. The molecule has 2 rings (SSSR count). The average molecular weight is 499 g/mol. The van der Waals surface area contributed by atoms with Gasteiger partial charge in [0.1, 0.15) is 12.4 Å². The van der Waals surface area contributed by atoms with Crippen LogP contribution >= 0.6 is 24.0 Å². The number of likely N-dealkylation sites (N-methyl/N-ethyl adjacent to an activating group) is 1. The summed E-state index contributed by atoms with van der Waals surface area (Å²) in [5, 5.41) is 3.32. The lowest BCUT2D eigenvalue weighted by Gasteiger charge is -2.22. The minimum absolute atomic E-state index is 0. The minimum atomic E-state index is 0. The molecule has 28 heavy (non-hydrogen) atoms. The molecule has 0 bridgehead atoms. The van der Waals surface area contributed by atoms with Crippen molar-refractivity contribution in [1.29, 1.82) is 0 Å².